The highest BCUT2D eigenvalue weighted by molar-refractivity contribution is 6.29. The molecule has 102 valence electrons. The molecule has 0 aliphatic carbocycles. The molecule has 0 fully saturated rings. The Morgan fingerprint density at radius 1 is 1.53 bits per heavy atom. The number of carboxylic acid groups (broad SMARTS) is 1. The van der Waals surface area contributed by atoms with E-state index in [0.29, 0.717) is 0 Å². The van der Waals surface area contributed by atoms with Gasteiger partial charge in [-0.1, -0.05) is 22.8 Å². The Hall–Kier alpha value is -1.86. The van der Waals surface area contributed by atoms with Crippen LogP contribution in [-0.2, 0) is 0 Å². The first-order valence-electron chi connectivity index (χ1n) is 5.24. The second-order valence-corrected chi connectivity index (χ2v) is 4.02. The average molecular weight is 287 g/mol. The Bertz CT molecular complexity index is 518. The van der Waals surface area contributed by atoms with Gasteiger partial charge >= 0.3 is 5.97 Å². The average Bonchev–Trinajstić information content (AvgIpc) is 2.38. The Labute approximate surface area is 112 Å². The summed E-state index contributed by atoms with van der Waals surface area (Å²) in [6.45, 7) is -0.0157. The first-order valence-corrected chi connectivity index (χ1v) is 5.62. The summed E-state index contributed by atoms with van der Waals surface area (Å²) in [5.41, 5.74) is 7.62. The van der Waals surface area contributed by atoms with Gasteiger partial charge in [0.05, 0.1) is 6.10 Å². The number of pyridine rings is 1. The van der Waals surface area contributed by atoms with E-state index in [-0.39, 0.29) is 23.7 Å². The standard InChI is InChI=1S/C10H11ClN4O4/c11-7-2-1-5(8(14-7)10(18)19)9(17)6(16)3-4-13-15-12/h1-2,6,9,16-17H,3-4H2,(H,18,19). The maximum atomic E-state index is 11.0. The lowest BCUT2D eigenvalue weighted by molar-refractivity contribution is 0.0138. The lowest BCUT2D eigenvalue weighted by Gasteiger charge is -2.18. The largest absolute Gasteiger partial charge is 0.476 e. The summed E-state index contributed by atoms with van der Waals surface area (Å²) in [5.74, 6) is -1.36. The number of aromatic nitrogens is 1. The van der Waals surface area contributed by atoms with Crippen molar-refractivity contribution in [2.45, 2.75) is 18.6 Å². The van der Waals surface area contributed by atoms with E-state index >= 15 is 0 Å². The van der Waals surface area contributed by atoms with Gasteiger partial charge in [-0.25, -0.2) is 9.78 Å². The minimum Gasteiger partial charge on any atom is -0.476 e. The number of aliphatic hydroxyl groups is 2. The number of aromatic carboxylic acids is 1. The molecular weight excluding hydrogens is 276 g/mol. The fourth-order valence-electron chi connectivity index (χ4n) is 1.46. The molecule has 1 heterocycles. The summed E-state index contributed by atoms with van der Waals surface area (Å²) >= 11 is 5.57. The third-order valence-corrected chi connectivity index (χ3v) is 2.58. The van der Waals surface area contributed by atoms with Crippen LogP contribution in [0.15, 0.2) is 17.2 Å². The Morgan fingerprint density at radius 3 is 2.79 bits per heavy atom. The molecular formula is C10H11ClN4O4. The molecule has 2 atom stereocenters. The van der Waals surface area contributed by atoms with E-state index in [0.717, 1.165) is 0 Å². The van der Waals surface area contributed by atoms with Gasteiger partial charge in [0, 0.05) is 17.0 Å². The lowest BCUT2D eigenvalue weighted by atomic mass is 10.0. The van der Waals surface area contributed by atoms with Crippen LogP contribution in [0.1, 0.15) is 28.6 Å². The van der Waals surface area contributed by atoms with Gasteiger partial charge in [0.1, 0.15) is 11.3 Å². The molecule has 2 unspecified atom stereocenters. The summed E-state index contributed by atoms with van der Waals surface area (Å²) in [6, 6.07) is 2.59. The zero-order valence-corrected chi connectivity index (χ0v) is 10.4. The number of carbonyl (C=O) groups is 1. The zero-order valence-electron chi connectivity index (χ0n) is 9.64. The van der Waals surface area contributed by atoms with Crippen molar-refractivity contribution >= 4 is 17.6 Å². The van der Waals surface area contributed by atoms with Crippen LogP contribution < -0.4 is 0 Å². The van der Waals surface area contributed by atoms with E-state index in [1.165, 1.54) is 12.1 Å². The van der Waals surface area contributed by atoms with Crippen molar-refractivity contribution in [2.75, 3.05) is 6.54 Å². The second kappa shape index (κ2) is 6.91. The van der Waals surface area contributed by atoms with E-state index in [1.807, 2.05) is 0 Å². The van der Waals surface area contributed by atoms with E-state index < -0.39 is 23.9 Å². The smallest absolute Gasteiger partial charge is 0.354 e. The van der Waals surface area contributed by atoms with Crippen molar-refractivity contribution in [3.63, 3.8) is 0 Å². The third kappa shape index (κ3) is 4.08. The molecule has 0 aliphatic heterocycles. The van der Waals surface area contributed by atoms with Crippen molar-refractivity contribution in [3.05, 3.63) is 39.0 Å². The molecule has 8 nitrogen and oxygen atoms in total. The van der Waals surface area contributed by atoms with Gasteiger partial charge in [0.2, 0.25) is 0 Å². The van der Waals surface area contributed by atoms with Crippen molar-refractivity contribution in [1.82, 2.24) is 4.98 Å². The van der Waals surface area contributed by atoms with Gasteiger partial charge in [0.15, 0.2) is 5.69 Å². The molecule has 0 radical (unpaired) electrons. The maximum absolute atomic E-state index is 11.0. The normalized spacial score (nSPS) is 13.4. The summed E-state index contributed by atoms with van der Waals surface area (Å²) < 4.78 is 0. The summed E-state index contributed by atoms with van der Waals surface area (Å²) in [6.07, 6.45) is -2.73. The SMILES string of the molecule is [N-]=[N+]=NCCC(O)C(O)c1ccc(Cl)nc1C(=O)O. The van der Waals surface area contributed by atoms with Gasteiger partial charge in [0.25, 0.3) is 0 Å². The monoisotopic (exact) mass is 286 g/mol. The Balaban J connectivity index is 2.95. The molecule has 19 heavy (non-hydrogen) atoms. The first kappa shape index (κ1) is 15.2. The van der Waals surface area contributed by atoms with E-state index in [9.17, 15) is 15.0 Å². The highest BCUT2D eigenvalue weighted by Crippen LogP contribution is 2.23. The number of carboxylic acids is 1. The van der Waals surface area contributed by atoms with E-state index in [4.69, 9.17) is 22.2 Å². The molecule has 1 rings (SSSR count). The fraction of sp³-hybridized carbons (Fsp3) is 0.400. The summed E-state index contributed by atoms with van der Waals surface area (Å²) in [7, 11) is 0. The van der Waals surface area contributed by atoms with Gasteiger partial charge in [-0.3, -0.25) is 0 Å². The minimum atomic E-state index is -1.45. The van der Waals surface area contributed by atoms with Gasteiger partial charge in [-0.15, -0.1) is 0 Å². The van der Waals surface area contributed by atoms with Crippen molar-refractivity contribution in [1.29, 1.82) is 0 Å². The van der Waals surface area contributed by atoms with E-state index in [2.05, 4.69) is 15.0 Å². The van der Waals surface area contributed by atoms with Crippen LogP contribution in [0, 0.1) is 0 Å². The number of halogens is 1. The van der Waals surface area contributed by atoms with Crippen molar-refractivity contribution in [2.24, 2.45) is 5.11 Å². The molecule has 0 amide bonds. The van der Waals surface area contributed by atoms with Crippen LogP contribution >= 0.6 is 11.6 Å². The summed E-state index contributed by atoms with van der Waals surface area (Å²) in [4.78, 5) is 17.1. The van der Waals surface area contributed by atoms with Crippen LogP contribution in [0.5, 0.6) is 0 Å². The molecule has 0 saturated heterocycles. The number of hydrogen-bond donors (Lipinski definition) is 3. The topological polar surface area (TPSA) is 139 Å². The van der Waals surface area contributed by atoms with Gasteiger partial charge < -0.3 is 15.3 Å². The number of rotatable bonds is 6. The first-order chi connectivity index (χ1) is 8.97. The van der Waals surface area contributed by atoms with E-state index in [1.54, 1.807) is 0 Å². The Kier molecular flexibility index (Phi) is 5.53. The molecule has 0 saturated carbocycles. The molecule has 3 N–H and O–H groups in total. The number of hydrogen-bond acceptors (Lipinski definition) is 5. The molecule has 0 spiro atoms. The third-order valence-electron chi connectivity index (χ3n) is 2.37. The molecule has 0 aliphatic rings. The van der Waals surface area contributed by atoms with Crippen molar-refractivity contribution in [3.8, 4) is 0 Å². The highest BCUT2D eigenvalue weighted by atomic mass is 35.5. The number of aliphatic hydroxyl groups excluding tert-OH is 2. The maximum Gasteiger partial charge on any atom is 0.354 e. The fourth-order valence-corrected chi connectivity index (χ4v) is 1.60. The Morgan fingerprint density at radius 2 is 2.21 bits per heavy atom. The van der Waals surface area contributed by atoms with Crippen LogP contribution in [0.25, 0.3) is 10.4 Å². The lowest BCUT2D eigenvalue weighted by Crippen LogP contribution is -2.22. The van der Waals surface area contributed by atoms with Crippen LogP contribution in [0.4, 0.5) is 0 Å². The predicted molar refractivity (Wildman–Crippen MR) is 65.8 cm³/mol. The minimum absolute atomic E-state index is 0.00703. The van der Waals surface area contributed by atoms with Crippen LogP contribution in [0.2, 0.25) is 5.15 Å². The van der Waals surface area contributed by atoms with Crippen LogP contribution in [0.3, 0.4) is 0 Å². The van der Waals surface area contributed by atoms with Gasteiger partial charge in [-0.05, 0) is 18.0 Å². The van der Waals surface area contributed by atoms with Crippen LogP contribution in [-0.4, -0.2) is 38.9 Å². The molecule has 0 bridgehead atoms. The van der Waals surface area contributed by atoms with Gasteiger partial charge in [-0.2, -0.15) is 0 Å². The molecule has 9 heteroatoms. The molecule has 1 aromatic rings. The number of nitrogens with zero attached hydrogens (tertiary/aromatic N) is 4. The van der Waals surface area contributed by atoms with Crippen molar-refractivity contribution < 1.29 is 20.1 Å². The summed E-state index contributed by atoms with van der Waals surface area (Å²) in [5, 5.41) is 31.7. The molecule has 0 aromatic carbocycles. The quantitative estimate of drug-likeness (QED) is 0.315. The highest BCUT2D eigenvalue weighted by Gasteiger charge is 2.24. The zero-order chi connectivity index (χ0) is 14.4. The second-order valence-electron chi connectivity index (χ2n) is 3.63. The molecule has 1 aromatic heterocycles. The number of azide groups is 1. The predicted octanol–water partition coefficient (Wildman–Crippen LogP) is 1.53.